The van der Waals surface area contributed by atoms with Crippen molar-refractivity contribution in [1.29, 1.82) is 0 Å². The van der Waals surface area contributed by atoms with Crippen LogP contribution >= 0.6 is 0 Å². The first-order valence-electron chi connectivity index (χ1n) is 6.18. The highest BCUT2D eigenvalue weighted by Crippen LogP contribution is 2.26. The lowest BCUT2D eigenvalue weighted by Crippen LogP contribution is -2.03. The zero-order chi connectivity index (χ0) is 14.5. The van der Waals surface area contributed by atoms with Crippen molar-refractivity contribution in [2.24, 2.45) is 0 Å². The number of benzene rings is 2. The highest BCUT2D eigenvalue weighted by atomic mass is 16.6. The predicted octanol–water partition coefficient (Wildman–Crippen LogP) is 2.97. The van der Waals surface area contributed by atoms with Crippen LogP contribution in [0.5, 0.6) is 5.75 Å². The van der Waals surface area contributed by atoms with Gasteiger partial charge in [0.15, 0.2) is 0 Å². The summed E-state index contributed by atoms with van der Waals surface area (Å²) < 4.78 is 5.67. The maximum Gasteiger partial charge on any atom is 0.276 e. The van der Waals surface area contributed by atoms with Crippen molar-refractivity contribution < 1.29 is 14.8 Å². The van der Waals surface area contributed by atoms with Gasteiger partial charge in [0.25, 0.3) is 5.69 Å². The van der Waals surface area contributed by atoms with Gasteiger partial charge in [0, 0.05) is 11.6 Å². The van der Waals surface area contributed by atoms with Crippen molar-refractivity contribution >= 4 is 5.69 Å². The molecule has 0 aliphatic heterocycles. The number of aliphatic hydroxyl groups is 1. The molecule has 2 rings (SSSR count). The molecule has 0 fully saturated rings. The van der Waals surface area contributed by atoms with Gasteiger partial charge in [0.2, 0.25) is 0 Å². The van der Waals surface area contributed by atoms with Crippen molar-refractivity contribution in [3.05, 3.63) is 69.3 Å². The molecule has 5 nitrogen and oxygen atoms in total. The molecular formula is C15H15NO4. The van der Waals surface area contributed by atoms with E-state index in [4.69, 9.17) is 4.74 Å². The van der Waals surface area contributed by atoms with Gasteiger partial charge in [0.1, 0.15) is 12.4 Å². The van der Waals surface area contributed by atoms with Gasteiger partial charge < -0.3 is 9.84 Å². The van der Waals surface area contributed by atoms with E-state index < -0.39 is 4.92 Å². The molecule has 2 aromatic rings. The van der Waals surface area contributed by atoms with Crippen LogP contribution in [0.1, 0.15) is 16.7 Å². The summed E-state index contributed by atoms with van der Waals surface area (Å²) in [6, 6.07) is 11.9. The highest BCUT2D eigenvalue weighted by molar-refractivity contribution is 5.42. The fraction of sp³-hybridized carbons (Fsp3) is 0.200. The van der Waals surface area contributed by atoms with Gasteiger partial charge in [-0.25, -0.2) is 0 Å². The van der Waals surface area contributed by atoms with Crippen LogP contribution in [0.2, 0.25) is 0 Å². The number of nitro groups is 1. The summed E-state index contributed by atoms with van der Waals surface area (Å²) in [6.45, 7) is 1.83. The molecule has 0 saturated carbocycles. The topological polar surface area (TPSA) is 72.6 Å². The second kappa shape index (κ2) is 6.16. The lowest BCUT2D eigenvalue weighted by molar-refractivity contribution is -0.385. The van der Waals surface area contributed by atoms with E-state index in [0.717, 1.165) is 5.56 Å². The number of aliphatic hydroxyl groups excluding tert-OH is 1. The van der Waals surface area contributed by atoms with E-state index in [1.165, 1.54) is 6.07 Å². The molecule has 1 N–H and O–H groups in total. The van der Waals surface area contributed by atoms with Crippen molar-refractivity contribution in [2.75, 3.05) is 0 Å². The number of para-hydroxylation sites is 2. The molecule has 0 aromatic heterocycles. The molecule has 0 saturated heterocycles. The molecule has 20 heavy (non-hydrogen) atoms. The molecule has 0 atom stereocenters. The first-order valence-corrected chi connectivity index (χ1v) is 6.18. The van der Waals surface area contributed by atoms with Crippen molar-refractivity contribution in [3.63, 3.8) is 0 Å². The molecular weight excluding hydrogens is 258 g/mol. The summed E-state index contributed by atoms with van der Waals surface area (Å²) >= 11 is 0. The molecule has 0 bridgehead atoms. The summed E-state index contributed by atoms with van der Waals surface area (Å²) in [5.41, 5.74) is 2.09. The Kier molecular flexibility index (Phi) is 4.32. The Hall–Kier alpha value is -2.40. The predicted molar refractivity (Wildman–Crippen MR) is 74.5 cm³/mol. The van der Waals surface area contributed by atoms with Crippen LogP contribution in [0.25, 0.3) is 0 Å². The Morgan fingerprint density at radius 1 is 1.15 bits per heavy atom. The monoisotopic (exact) mass is 273 g/mol. The summed E-state index contributed by atoms with van der Waals surface area (Å²) in [5.74, 6) is 0.577. The minimum Gasteiger partial charge on any atom is -0.488 e. The molecule has 0 heterocycles. The van der Waals surface area contributed by atoms with E-state index in [1.807, 2.05) is 19.1 Å². The Bertz CT molecular complexity index is 625. The third-order valence-electron chi connectivity index (χ3n) is 3.02. The number of ether oxygens (including phenoxy) is 1. The van der Waals surface area contributed by atoms with Crippen LogP contribution in [0.4, 0.5) is 5.69 Å². The van der Waals surface area contributed by atoms with Gasteiger partial charge in [-0.3, -0.25) is 10.1 Å². The van der Waals surface area contributed by atoms with Crippen molar-refractivity contribution in [1.82, 2.24) is 0 Å². The molecule has 0 aliphatic carbocycles. The Morgan fingerprint density at radius 3 is 2.55 bits per heavy atom. The molecule has 0 unspecified atom stereocenters. The van der Waals surface area contributed by atoms with Crippen LogP contribution in [0.3, 0.4) is 0 Å². The van der Waals surface area contributed by atoms with Gasteiger partial charge in [0.05, 0.1) is 17.1 Å². The third-order valence-corrected chi connectivity index (χ3v) is 3.02. The second-order valence-corrected chi connectivity index (χ2v) is 4.40. The zero-order valence-electron chi connectivity index (χ0n) is 11.1. The molecule has 0 radical (unpaired) electrons. The quantitative estimate of drug-likeness (QED) is 0.671. The Balaban J connectivity index is 2.24. The van der Waals surface area contributed by atoms with Gasteiger partial charge in [-0.05, 0) is 18.6 Å². The van der Waals surface area contributed by atoms with E-state index >= 15 is 0 Å². The minimum absolute atomic E-state index is 0.0339. The number of aryl methyl sites for hydroxylation is 1. The minimum atomic E-state index is -0.427. The normalized spacial score (nSPS) is 10.3. The molecule has 0 amide bonds. The van der Waals surface area contributed by atoms with Gasteiger partial charge in [-0.1, -0.05) is 30.3 Å². The molecule has 0 aliphatic rings. The highest BCUT2D eigenvalue weighted by Gasteiger charge is 2.14. The molecule has 2 aromatic carbocycles. The first-order chi connectivity index (χ1) is 9.63. The summed E-state index contributed by atoms with van der Waals surface area (Å²) in [6.07, 6.45) is 0. The summed E-state index contributed by atoms with van der Waals surface area (Å²) in [4.78, 5) is 10.5. The Labute approximate surface area is 116 Å². The number of hydrogen-bond acceptors (Lipinski definition) is 4. The lowest BCUT2D eigenvalue weighted by atomic mass is 10.1. The van der Waals surface area contributed by atoms with Crippen LogP contribution in [-0.4, -0.2) is 10.0 Å². The van der Waals surface area contributed by atoms with Crippen LogP contribution < -0.4 is 4.74 Å². The Morgan fingerprint density at radius 2 is 1.85 bits per heavy atom. The molecule has 0 spiro atoms. The summed E-state index contributed by atoms with van der Waals surface area (Å²) in [5, 5.41) is 20.2. The second-order valence-electron chi connectivity index (χ2n) is 4.40. The van der Waals surface area contributed by atoms with Crippen LogP contribution in [0, 0.1) is 17.0 Å². The van der Waals surface area contributed by atoms with E-state index in [1.54, 1.807) is 24.3 Å². The number of nitrogens with zero attached hydrogens (tertiary/aromatic N) is 1. The maximum atomic E-state index is 10.9. The molecule has 104 valence electrons. The van der Waals surface area contributed by atoms with Crippen LogP contribution in [0.15, 0.2) is 42.5 Å². The average molecular weight is 273 g/mol. The van der Waals surface area contributed by atoms with Gasteiger partial charge in [-0.15, -0.1) is 0 Å². The van der Waals surface area contributed by atoms with Crippen molar-refractivity contribution in [2.45, 2.75) is 20.1 Å². The fourth-order valence-corrected chi connectivity index (χ4v) is 2.01. The SMILES string of the molecule is Cc1cccc(CO)c1OCc1ccccc1[N+](=O)[O-]. The van der Waals surface area contributed by atoms with E-state index in [9.17, 15) is 15.2 Å². The largest absolute Gasteiger partial charge is 0.488 e. The van der Waals surface area contributed by atoms with Crippen LogP contribution in [-0.2, 0) is 13.2 Å². The third kappa shape index (κ3) is 2.95. The maximum absolute atomic E-state index is 10.9. The van der Waals surface area contributed by atoms with E-state index in [0.29, 0.717) is 16.9 Å². The van der Waals surface area contributed by atoms with Crippen molar-refractivity contribution in [3.8, 4) is 5.75 Å². The average Bonchev–Trinajstić information content (AvgIpc) is 2.46. The smallest absolute Gasteiger partial charge is 0.276 e. The van der Waals surface area contributed by atoms with E-state index in [-0.39, 0.29) is 18.9 Å². The summed E-state index contributed by atoms with van der Waals surface area (Å²) in [7, 11) is 0. The lowest BCUT2D eigenvalue weighted by Gasteiger charge is -2.13. The number of nitro benzene ring substituents is 1. The zero-order valence-corrected chi connectivity index (χ0v) is 11.1. The standard InChI is InChI=1S/C15H15NO4/c1-11-5-4-7-12(9-17)15(11)20-10-13-6-2-3-8-14(13)16(18)19/h2-8,17H,9-10H2,1H3. The first kappa shape index (κ1) is 14.0. The van der Waals surface area contributed by atoms with Gasteiger partial charge in [-0.2, -0.15) is 0 Å². The fourth-order valence-electron chi connectivity index (χ4n) is 2.01. The number of hydrogen-bond donors (Lipinski definition) is 1. The molecule has 5 heteroatoms. The van der Waals surface area contributed by atoms with E-state index in [2.05, 4.69) is 0 Å². The number of rotatable bonds is 5. The van der Waals surface area contributed by atoms with Gasteiger partial charge >= 0.3 is 0 Å².